The fourth-order valence-electron chi connectivity index (χ4n) is 2.78. The summed E-state index contributed by atoms with van der Waals surface area (Å²) in [6, 6.07) is 8.85. The second-order valence-electron chi connectivity index (χ2n) is 7.01. The monoisotopic (exact) mass is 315 g/mol. The first-order chi connectivity index (χ1) is 10.5. The fourth-order valence-corrected chi connectivity index (χ4v) is 3.71. The molecule has 2 aromatic rings. The molecule has 2 heterocycles. The van der Waals surface area contributed by atoms with Crippen molar-refractivity contribution in [1.82, 2.24) is 4.98 Å². The summed E-state index contributed by atoms with van der Waals surface area (Å²) in [5.74, 6) is 0. The number of rotatable bonds is 3. The van der Waals surface area contributed by atoms with E-state index in [-0.39, 0.29) is 5.54 Å². The molecule has 1 fully saturated rings. The van der Waals surface area contributed by atoms with E-state index in [0.717, 1.165) is 10.8 Å². The predicted molar refractivity (Wildman–Crippen MR) is 97.0 cm³/mol. The number of piperidine rings is 1. The van der Waals surface area contributed by atoms with Crippen molar-refractivity contribution in [2.45, 2.75) is 45.6 Å². The molecule has 0 radical (unpaired) electrons. The SMILES string of the molecule is CC(C)(C)Nc1nc(-c2ccc(N3CCCCC3)cc2)cs1. The number of nitrogens with one attached hydrogen (secondary N) is 1. The standard InChI is InChI=1S/C18H25N3S/c1-18(2,3)20-17-19-16(13-22-17)14-7-9-15(10-8-14)21-11-5-4-6-12-21/h7-10,13H,4-6,11-12H2,1-3H3,(H,19,20). The third kappa shape index (κ3) is 3.80. The van der Waals surface area contributed by atoms with E-state index in [2.05, 4.69) is 60.6 Å². The van der Waals surface area contributed by atoms with Crippen molar-refractivity contribution in [2.24, 2.45) is 0 Å². The Hall–Kier alpha value is -1.55. The predicted octanol–water partition coefficient (Wildman–Crippen LogP) is 5.01. The summed E-state index contributed by atoms with van der Waals surface area (Å²) in [5, 5.41) is 6.55. The molecule has 0 aliphatic carbocycles. The van der Waals surface area contributed by atoms with Crippen LogP contribution in [0.15, 0.2) is 29.6 Å². The van der Waals surface area contributed by atoms with Crippen LogP contribution in [-0.2, 0) is 0 Å². The average molecular weight is 315 g/mol. The quantitative estimate of drug-likeness (QED) is 0.863. The Labute approximate surface area is 137 Å². The number of thiazole rings is 1. The second-order valence-corrected chi connectivity index (χ2v) is 7.87. The molecule has 22 heavy (non-hydrogen) atoms. The summed E-state index contributed by atoms with van der Waals surface area (Å²) >= 11 is 1.67. The minimum atomic E-state index is 0.0489. The molecule has 0 atom stereocenters. The van der Waals surface area contributed by atoms with E-state index in [1.165, 1.54) is 43.6 Å². The largest absolute Gasteiger partial charge is 0.372 e. The van der Waals surface area contributed by atoms with Crippen LogP contribution in [0.4, 0.5) is 10.8 Å². The number of anilines is 2. The number of aromatic nitrogens is 1. The summed E-state index contributed by atoms with van der Waals surface area (Å²) in [6.45, 7) is 8.84. The van der Waals surface area contributed by atoms with Gasteiger partial charge in [0.2, 0.25) is 0 Å². The van der Waals surface area contributed by atoms with Crippen LogP contribution in [0.25, 0.3) is 11.3 Å². The van der Waals surface area contributed by atoms with Crippen molar-refractivity contribution in [3.8, 4) is 11.3 Å². The van der Waals surface area contributed by atoms with Crippen molar-refractivity contribution in [3.63, 3.8) is 0 Å². The Balaban J connectivity index is 1.72. The summed E-state index contributed by atoms with van der Waals surface area (Å²) < 4.78 is 0. The van der Waals surface area contributed by atoms with Crippen molar-refractivity contribution in [2.75, 3.05) is 23.3 Å². The smallest absolute Gasteiger partial charge is 0.183 e. The lowest BCUT2D eigenvalue weighted by molar-refractivity contribution is 0.578. The van der Waals surface area contributed by atoms with Crippen LogP contribution in [0.5, 0.6) is 0 Å². The highest BCUT2D eigenvalue weighted by Gasteiger charge is 2.14. The van der Waals surface area contributed by atoms with Crippen molar-refractivity contribution in [1.29, 1.82) is 0 Å². The fraction of sp³-hybridized carbons (Fsp3) is 0.500. The van der Waals surface area contributed by atoms with E-state index in [1.807, 2.05) is 0 Å². The molecule has 3 rings (SSSR count). The number of nitrogens with zero attached hydrogens (tertiary/aromatic N) is 2. The lowest BCUT2D eigenvalue weighted by Gasteiger charge is -2.28. The lowest BCUT2D eigenvalue weighted by Crippen LogP contribution is -2.29. The molecule has 0 amide bonds. The van der Waals surface area contributed by atoms with Gasteiger partial charge < -0.3 is 10.2 Å². The maximum atomic E-state index is 4.70. The minimum absolute atomic E-state index is 0.0489. The maximum absolute atomic E-state index is 4.70. The molecular weight excluding hydrogens is 290 g/mol. The van der Waals surface area contributed by atoms with E-state index in [9.17, 15) is 0 Å². The molecule has 0 unspecified atom stereocenters. The molecule has 3 nitrogen and oxygen atoms in total. The molecule has 1 aromatic carbocycles. The molecule has 1 aromatic heterocycles. The van der Waals surface area contributed by atoms with E-state index in [4.69, 9.17) is 4.98 Å². The van der Waals surface area contributed by atoms with Gasteiger partial charge in [0, 0.05) is 35.3 Å². The van der Waals surface area contributed by atoms with Gasteiger partial charge in [-0.15, -0.1) is 11.3 Å². The number of hydrogen-bond donors (Lipinski definition) is 1. The molecule has 1 N–H and O–H groups in total. The summed E-state index contributed by atoms with van der Waals surface area (Å²) in [6.07, 6.45) is 4.00. The normalized spacial score (nSPS) is 15.9. The third-order valence-electron chi connectivity index (χ3n) is 3.87. The summed E-state index contributed by atoms with van der Waals surface area (Å²) in [5.41, 5.74) is 3.64. The van der Waals surface area contributed by atoms with Crippen LogP contribution in [0.1, 0.15) is 40.0 Å². The minimum Gasteiger partial charge on any atom is -0.372 e. The van der Waals surface area contributed by atoms with E-state index in [1.54, 1.807) is 11.3 Å². The molecule has 0 spiro atoms. The van der Waals surface area contributed by atoms with Gasteiger partial charge in [-0.2, -0.15) is 0 Å². The zero-order valence-electron chi connectivity index (χ0n) is 13.7. The highest BCUT2D eigenvalue weighted by Crippen LogP contribution is 2.28. The second kappa shape index (κ2) is 6.29. The molecule has 4 heteroatoms. The van der Waals surface area contributed by atoms with Crippen LogP contribution in [0.2, 0.25) is 0 Å². The highest BCUT2D eigenvalue weighted by atomic mass is 32.1. The van der Waals surface area contributed by atoms with Crippen LogP contribution in [0.3, 0.4) is 0 Å². The first kappa shape index (κ1) is 15.3. The maximum Gasteiger partial charge on any atom is 0.183 e. The van der Waals surface area contributed by atoms with Crippen LogP contribution in [-0.4, -0.2) is 23.6 Å². The number of benzene rings is 1. The van der Waals surface area contributed by atoms with E-state index >= 15 is 0 Å². The molecular formula is C18H25N3S. The number of hydrogen-bond acceptors (Lipinski definition) is 4. The summed E-state index contributed by atoms with van der Waals surface area (Å²) in [4.78, 5) is 7.19. The molecule has 1 aliphatic rings. The van der Waals surface area contributed by atoms with Gasteiger partial charge in [-0.05, 0) is 52.2 Å². The lowest BCUT2D eigenvalue weighted by atomic mass is 10.1. The van der Waals surface area contributed by atoms with Crippen LogP contribution >= 0.6 is 11.3 Å². The van der Waals surface area contributed by atoms with Crippen molar-refractivity contribution < 1.29 is 0 Å². The Kier molecular flexibility index (Phi) is 4.39. The molecule has 0 saturated carbocycles. The Morgan fingerprint density at radius 1 is 1.05 bits per heavy atom. The van der Waals surface area contributed by atoms with Gasteiger partial charge in [-0.1, -0.05) is 12.1 Å². The molecule has 0 bridgehead atoms. The van der Waals surface area contributed by atoms with E-state index < -0.39 is 0 Å². The van der Waals surface area contributed by atoms with Crippen LogP contribution < -0.4 is 10.2 Å². The van der Waals surface area contributed by atoms with Gasteiger partial charge in [0.25, 0.3) is 0 Å². The zero-order valence-corrected chi connectivity index (χ0v) is 14.5. The van der Waals surface area contributed by atoms with E-state index in [0.29, 0.717) is 0 Å². The molecule has 1 saturated heterocycles. The Bertz CT molecular complexity index is 604. The van der Waals surface area contributed by atoms with Crippen molar-refractivity contribution in [3.05, 3.63) is 29.6 Å². The molecule has 1 aliphatic heterocycles. The first-order valence-electron chi connectivity index (χ1n) is 8.10. The first-order valence-corrected chi connectivity index (χ1v) is 8.98. The van der Waals surface area contributed by atoms with Gasteiger partial charge in [0.05, 0.1) is 5.69 Å². The Morgan fingerprint density at radius 2 is 1.73 bits per heavy atom. The zero-order chi connectivity index (χ0) is 15.6. The van der Waals surface area contributed by atoms with Gasteiger partial charge in [-0.25, -0.2) is 4.98 Å². The average Bonchev–Trinajstić information content (AvgIpc) is 2.95. The van der Waals surface area contributed by atoms with Gasteiger partial charge in [0.1, 0.15) is 0 Å². The summed E-state index contributed by atoms with van der Waals surface area (Å²) in [7, 11) is 0. The van der Waals surface area contributed by atoms with Crippen LogP contribution in [0, 0.1) is 0 Å². The third-order valence-corrected chi connectivity index (χ3v) is 4.63. The van der Waals surface area contributed by atoms with Gasteiger partial charge in [-0.3, -0.25) is 0 Å². The topological polar surface area (TPSA) is 28.2 Å². The van der Waals surface area contributed by atoms with Crippen molar-refractivity contribution >= 4 is 22.2 Å². The highest BCUT2D eigenvalue weighted by molar-refractivity contribution is 7.14. The van der Waals surface area contributed by atoms with Gasteiger partial charge in [0.15, 0.2) is 5.13 Å². The molecule has 118 valence electrons. The van der Waals surface area contributed by atoms with Gasteiger partial charge >= 0.3 is 0 Å². The Morgan fingerprint density at radius 3 is 2.36 bits per heavy atom.